The van der Waals surface area contributed by atoms with Crippen molar-refractivity contribution in [2.24, 2.45) is 5.92 Å². The topological polar surface area (TPSA) is 25.4 Å². The molecular formula is C16H20N2OS. The molecule has 0 bridgehead atoms. The Balaban J connectivity index is 1.48. The second-order valence-electron chi connectivity index (χ2n) is 5.34. The van der Waals surface area contributed by atoms with Crippen molar-refractivity contribution in [2.75, 3.05) is 19.7 Å². The smallest absolute Gasteiger partial charge is 0.119 e. The van der Waals surface area contributed by atoms with Crippen molar-refractivity contribution < 1.29 is 4.74 Å². The number of hydrogen-bond acceptors (Lipinski definition) is 4. The van der Waals surface area contributed by atoms with Crippen LogP contribution >= 0.6 is 11.3 Å². The second kappa shape index (κ2) is 6.86. The molecule has 1 aromatic heterocycles. The fourth-order valence-electron chi connectivity index (χ4n) is 2.70. The molecule has 0 aliphatic carbocycles. The van der Waals surface area contributed by atoms with Crippen LogP contribution in [0.1, 0.15) is 17.7 Å². The summed E-state index contributed by atoms with van der Waals surface area (Å²) in [6, 6.07) is 10.1. The SMILES string of the molecule is c1ccc(OC[C@@H]2CCCN(Cc3cncs3)C2)cc1. The number of rotatable bonds is 5. The Labute approximate surface area is 124 Å². The van der Waals surface area contributed by atoms with Gasteiger partial charge in [-0.3, -0.25) is 9.88 Å². The van der Waals surface area contributed by atoms with Gasteiger partial charge in [0.05, 0.1) is 12.1 Å². The zero-order valence-corrected chi connectivity index (χ0v) is 12.4. The molecule has 0 saturated carbocycles. The van der Waals surface area contributed by atoms with Crippen LogP contribution in [0.25, 0.3) is 0 Å². The number of benzene rings is 1. The number of thiazole rings is 1. The van der Waals surface area contributed by atoms with Gasteiger partial charge in [-0.05, 0) is 31.5 Å². The third-order valence-corrected chi connectivity index (χ3v) is 4.46. The Morgan fingerprint density at radius 1 is 1.30 bits per heavy atom. The minimum atomic E-state index is 0.636. The van der Waals surface area contributed by atoms with Gasteiger partial charge in [0.25, 0.3) is 0 Å². The van der Waals surface area contributed by atoms with Crippen LogP contribution in [0.2, 0.25) is 0 Å². The third kappa shape index (κ3) is 3.81. The summed E-state index contributed by atoms with van der Waals surface area (Å²) in [5, 5.41) is 0. The van der Waals surface area contributed by atoms with Crippen molar-refractivity contribution in [3.8, 4) is 5.75 Å². The summed E-state index contributed by atoms with van der Waals surface area (Å²) in [4.78, 5) is 8.03. The summed E-state index contributed by atoms with van der Waals surface area (Å²) >= 11 is 1.74. The zero-order valence-electron chi connectivity index (χ0n) is 11.6. The first kappa shape index (κ1) is 13.6. The van der Waals surface area contributed by atoms with Crippen LogP contribution in [0.4, 0.5) is 0 Å². The molecule has 4 heteroatoms. The van der Waals surface area contributed by atoms with E-state index in [4.69, 9.17) is 4.74 Å². The highest BCUT2D eigenvalue weighted by Gasteiger charge is 2.20. The highest BCUT2D eigenvalue weighted by atomic mass is 32.1. The molecule has 2 aromatic rings. The summed E-state index contributed by atoms with van der Waals surface area (Å²) in [5.74, 6) is 1.61. The lowest BCUT2D eigenvalue weighted by Gasteiger charge is -2.32. The maximum atomic E-state index is 5.89. The van der Waals surface area contributed by atoms with Crippen molar-refractivity contribution in [1.29, 1.82) is 0 Å². The van der Waals surface area contributed by atoms with Crippen LogP contribution < -0.4 is 4.74 Å². The molecule has 0 spiro atoms. The molecule has 3 nitrogen and oxygen atoms in total. The predicted octanol–water partition coefficient (Wildman–Crippen LogP) is 3.43. The molecule has 1 aliphatic heterocycles. The molecule has 1 fully saturated rings. The zero-order chi connectivity index (χ0) is 13.6. The summed E-state index contributed by atoms with van der Waals surface area (Å²) < 4.78 is 5.89. The Bertz CT molecular complexity index is 500. The van der Waals surface area contributed by atoms with Gasteiger partial charge in [-0.2, -0.15) is 0 Å². The number of para-hydroxylation sites is 1. The first-order chi connectivity index (χ1) is 9.90. The van der Waals surface area contributed by atoms with Crippen molar-refractivity contribution in [2.45, 2.75) is 19.4 Å². The van der Waals surface area contributed by atoms with Crippen LogP contribution in [0.5, 0.6) is 5.75 Å². The normalized spacial score (nSPS) is 19.9. The maximum absolute atomic E-state index is 5.89. The number of hydrogen-bond donors (Lipinski definition) is 0. The molecule has 106 valence electrons. The van der Waals surface area contributed by atoms with Gasteiger partial charge in [0.1, 0.15) is 5.75 Å². The lowest BCUT2D eigenvalue weighted by atomic mass is 9.99. The molecule has 0 radical (unpaired) electrons. The third-order valence-electron chi connectivity index (χ3n) is 3.69. The summed E-state index contributed by atoms with van der Waals surface area (Å²) in [6.07, 6.45) is 4.52. The molecule has 0 amide bonds. The van der Waals surface area contributed by atoms with Crippen LogP contribution in [0.3, 0.4) is 0 Å². The molecule has 0 unspecified atom stereocenters. The van der Waals surface area contributed by atoms with E-state index in [1.54, 1.807) is 11.3 Å². The average molecular weight is 288 g/mol. The molecule has 0 N–H and O–H groups in total. The van der Waals surface area contributed by atoms with Crippen molar-refractivity contribution in [3.63, 3.8) is 0 Å². The molecule has 20 heavy (non-hydrogen) atoms. The molecule has 1 aliphatic rings. The summed E-state index contributed by atoms with van der Waals surface area (Å²) in [5.41, 5.74) is 1.91. The Hall–Kier alpha value is -1.39. The first-order valence-corrected chi connectivity index (χ1v) is 8.06. The van der Waals surface area contributed by atoms with Gasteiger partial charge in [-0.25, -0.2) is 0 Å². The van der Waals surface area contributed by atoms with E-state index in [-0.39, 0.29) is 0 Å². The number of likely N-dealkylation sites (tertiary alicyclic amines) is 1. The van der Waals surface area contributed by atoms with Crippen molar-refractivity contribution >= 4 is 11.3 Å². The van der Waals surface area contributed by atoms with Crippen molar-refractivity contribution in [1.82, 2.24) is 9.88 Å². The summed E-state index contributed by atoms with van der Waals surface area (Å²) in [6.45, 7) is 4.18. The van der Waals surface area contributed by atoms with Crippen molar-refractivity contribution in [3.05, 3.63) is 46.9 Å². The van der Waals surface area contributed by atoms with E-state index in [0.717, 1.165) is 25.4 Å². The lowest BCUT2D eigenvalue weighted by Crippen LogP contribution is -2.37. The second-order valence-corrected chi connectivity index (χ2v) is 6.31. The number of nitrogens with zero attached hydrogens (tertiary/aromatic N) is 2. The Morgan fingerprint density at radius 3 is 3.00 bits per heavy atom. The minimum Gasteiger partial charge on any atom is -0.493 e. The minimum absolute atomic E-state index is 0.636. The van der Waals surface area contributed by atoms with E-state index >= 15 is 0 Å². The van der Waals surface area contributed by atoms with Gasteiger partial charge in [0.15, 0.2) is 0 Å². The van der Waals surface area contributed by atoms with E-state index in [2.05, 4.69) is 9.88 Å². The van der Waals surface area contributed by atoms with E-state index in [9.17, 15) is 0 Å². The van der Waals surface area contributed by atoms with Gasteiger partial charge in [0.2, 0.25) is 0 Å². The highest BCUT2D eigenvalue weighted by Crippen LogP contribution is 2.21. The Kier molecular flexibility index (Phi) is 4.66. The fourth-order valence-corrected chi connectivity index (χ4v) is 3.34. The average Bonchev–Trinajstić information content (AvgIpc) is 3.00. The van der Waals surface area contributed by atoms with Crippen LogP contribution in [-0.2, 0) is 6.54 Å². The number of aromatic nitrogens is 1. The van der Waals surface area contributed by atoms with Gasteiger partial charge in [0, 0.05) is 30.1 Å². The van der Waals surface area contributed by atoms with Gasteiger partial charge in [-0.1, -0.05) is 18.2 Å². The van der Waals surface area contributed by atoms with E-state index in [1.807, 2.05) is 42.0 Å². The monoisotopic (exact) mass is 288 g/mol. The highest BCUT2D eigenvalue weighted by molar-refractivity contribution is 7.09. The van der Waals surface area contributed by atoms with Gasteiger partial charge < -0.3 is 4.74 Å². The number of ether oxygens (including phenoxy) is 1. The maximum Gasteiger partial charge on any atom is 0.119 e. The van der Waals surface area contributed by atoms with Crippen LogP contribution in [0, 0.1) is 5.92 Å². The number of piperidine rings is 1. The van der Waals surface area contributed by atoms with E-state index in [1.165, 1.54) is 24.3 Å². The fraction of sp³-hybridized carbons (Fsp3) is 0.438. The standard InChI is InChI=1S/C16H20N2OS/c1-2-6-15(7-3-1)19-12-14-5-4-8-18(10-14)11-16-9-17-13-20-16/h1-3,6-7,9,13-14H,4-5,8,10-12H2/t14-/m1/s1. The molecule has 1 saturated heterocycles. The van der Waals surface area contributed by atoms with E-state index in [0.29, 0.717) is 5.92 Å². The van der Waals surface area contributed by atoms with Gasteiger partial charge >= 0.3 is 0 Å². The molecule has 3 rings (SSSR count). The largest absolute Gasteiger partial charge is 0.493 e. The molecule has 1 aromatic carbocycles. The van der Waals surface area contributed by atoms with Gasteiger partial charge in [-0.15, -0.1) is 11.3 Å². The van der Waals surface area contributed by atoms with Crippen LogP contribution in [0.15, 0.2) is 42.0 Å². The molecule has 1 atom stereocenters. The van der Waals surface area contributed by atoms with E-state index < -0.39 is 0 Å². The first-order valence-electron chi connectivity index (χ1n) is 7.18. The summed E-state index contributed by atoms with van der Waals surface area (Å²) in [7, 11) is 0. The molecule has 2 heterocycles. The lowest BCUT2D eigenvalue weighted by molar-refractivity contribution is 0.126. The Morgan fingerprint density at radius 2 is 2.20 bits per heavy atom. The quantitative estimate of drug-likeness (QED) is 0.843. The predicted molar refractivity (Wildman–Crippen MR) is 82.1 cm³/mol. The van der Waals surface area contributed by atoms with Crippen LogP contribution in [-0.4, -0.2) is 29.6 Å². The molecular weight excluding hydrogens is 268 g/mol.